The molecule has 49 heavy (non-hydrogen) atoms. The molecule has 0 aromatic rings. The minimum Gasteiger partial charge on any atom is -0.394 e. The number of hydrogen-bond acceptors (Lipinski definition) is 4. The first kappa shape index (κ1) is 47.8. The predicted molar refractivity (Wildman–Crippen MR) is 213 cm³/mol. The van der Waals surface area contributed by atoms with E-state index >= 15 is 0 Å². The molecule has 0 bridgehead atoms. The Hall–Kier alpha value is -1.17. The molecule has 0 spiro atoms. The van der Waals surface area contributed by atoms with E-state index in [1.165, 1.54) is 173 Å². The number of allylic oxidation sites excluding steroid dienone is 3. The van der Waals surface area contributed by atoms with Crippen molar-refractivity contribution in [3.63, 3.8) is 0 Å². The molecule has 1 amide bonds. The lowest BCUT2D eigenvalue weighted by molar-refractivity contribution is -0.131. The van der Waals surface area contributed by atoms with E-state index < -0.39 is 24.2 Å². The molecule has 0 aliphatic carbocycles. The van der Waals surface area contributed by atoms with Crippen LogP contribution in [-0.2, 0) is 4.79 Å². The Morgan fingerprint density at radius 2 is 0.816 bits per heavy atom. The second-order valence-electron chi connectivity index (χ2n) is 14.9. The minimum atomic E-state index is -1.10. The summed E-state index contributed by atoms with van der Waals surface area (Å²) in [6, 6.07) is -0.797. The number of rotatable bonds is 39. The smallest absolute Gasteiger partial charge is 0.249 e. The number of aliphatic hydroxyl groups excluding tert-OH is 3. The highest BCUT2D eigenvalue weighted by molar-refractivity contribution is 5.80. The average molecular weight is 692 g/mol. The SMILES string of the molecule is CCCCCCCCCCCCC/C=C\CCCCCCCCC(O)C(=O)NC(CO)C(O)/C=C/CCCCCCCCCCCCCC. The first-order valence-corrected chi connectivity index (χ1v) is 21.7. The molecule has 3 atom stereocenters. The summed E-state index contributed by atoms with van der Waals surface area (Å²) in [6.45, 7) is 4.18. The van der Waals surface area contributed by atoms with Crippen molar-refractivity contribution in [1.82, 2.24) is 5.32 Å². The number of carbonyl (C=O) groups is 1. The van der Waals surface area contributed by atoms with Crippen molar-refractivity contribution in [3.05, 3.63) is 24.3 Å². The molecule has 0 aliphatic rings. The van der Waals surface area contributed by atoms with Gasteiger partial charge in [-0.2, -0.15) is 0 Å². The van der Waals surface area contributed by atoms with Crippen LogP contribution in [0, 0.1) is 0 Å². The largest absolute Gasteiger partial charge is 0.394 e. The first-order valence-electron chi connectivity index (χ1n) is 21.7. The van der Waals surface area contributed by atoms with Crippen LogP contribution < -0.4 is 5.32 Å². The summed E-state index contributed by atoms with van der Waals surface area (Å²) in [4.78, 5) is 12.4. The van der Waals surface area contributed by atoms with Crippen LogP contribution >= 0.6 is 0 Å². The Kier molecular flexibility index (Phi) is 38.7. The number of carbonyl (C=O) groups excluding carboxylic acids is 1. The molecule has 5 heteroatoms. The number of unbranched alkanes of at least 4 members (excludes halogenated alkanes) is 29. The van der Waals surface area contributed by atoms with E-state index in [0.29, 0.717) is 6.42 Å². The third-order valence-corrected chi connectivity index (χ3v) is 10.0. The molecule has 0 fully saturated rings. The number of hydrogen-bond donors (Lipinski definition) is 4. The number of nitrogens with one attached hydrogen (secondary N) is 1. The molecule has 0 aliphatic heterocycles. The highest BCUT2D eigenvalue weighted by Crippen LogP contribution is 2.15. The van der Waals surface area contributed by atoms with E-state index in [1.807, 2.05) is 6.08 Å². The summed E-state index contributed by atoms with van der Waals surface area (Å²) in [5, 5.41) is 33.1. The van der Waals surface area contributed by atoms with Crippen molar-refractivity contribution < 1.29 is 20.1 Å². The zero-order valence-corrected chi connectivity index (χ0v) is 32.8. The Bertz CT molecular complexity index is 724. The predicted octanol–water partition coefficient (Wildman–Crippen LogP) is 12.2. The van der Waals surface area contributed by atoms with Crippen LogP contribution in [0.4, 0.5) is 0 Å². The lowest BCUT2D eigenvalue weighted by Gasteiger charge is -2.21. The third kappa shape index (κ3) is 35.0. The van der Waals surface area contributed by atoms with Crippen LogP contribution in [0.25, 0.3) is 0 Å². The summed E-state index contributed by atoms with van der Waals surface area (Å²) in [5.74, 6) is -0.507. The third-order valence-electron chi connectivity index (χ3n) is 10.0. The molecule has 0 aromatic carbocycles. The fourth-order valence-corrected chi connectivity index (χ4v) is 6.59. The molecule has 0 radical (unpaired) electrons. The van der Waals surface area contributed by atoms with E-state index in [1.54, 1.807) is 6.08 Å². The van der Waals surface area contributed by atoms with Crippen molar-refractivity contribution in [1.29, 1.82) is 0 Å². The molecule has 0 heterocycles. The van der Waals surface area contributed by atoms with Gasteiger partial charge in [-0.1, -0.05) is 205 Å². The standard InChI is InChI=1S/C44H85NO4/c1-3-5-7-9-11-13-15-17-19-20-21-22-23-24-25-27-29-31-33-35-37-39-43(48)44(49)45-41(40-46)42(47)38-36-34-32-30-28-26-18-16-14-12-10-8-6-4-2/h23-24,36,38,41-43,46-48H,3-22,25-35,37,39-40H2,1-2H3,(H,45,49)/b24-23-,38-36+. The van der Waals surface area contributed by atoms with Crippen molar-refractivity contribution in [2.24, 2.45) is 0 Å². The molecule has 4 N–H and O–H groups in total. The Labute approximate surface area is 305 Å². The van der Waals surface area contributed by atoms with E-state index in [0.717, 1.165) is 32.1 Å². The van der Waals surface area contributed by atoms with Crippen molar-refractivity contribution in [2.45, 2.75) is 244 Å². The van der Waals surface area contributed by atoms with E-state index in [2.05, 4.69) is 31.3 Å². The number of aliphatic hydroxyl groups is 3. The molecule has 5 nitrogen and oxygen atoms in total. The monoisotopic (exact) mass is 692 g/mol. The second-order valence-corrected chi connectivity index (χ2v) is 14.9. The minimum absolute atomic E-state index is 0.364. The highest BCUT2D eigenvalue weighted by atomic mass is 16.3. The van der Waals surface area contributed by atoms with Gasteiger partial charge in [-0.25, -0.2) is 0 Å². The van der Waals surface area contributed by atoms with Gasteiger partial charge in [0.15, 0.2) is 0 Å². The quantitative estimate of drug-likeness (QED) is 0.0381. The van der Waals surface area contributed by atoms with Gasteiger partial charge in [0.2, 0.25) is 5.91 Å². The van der Waals surface area contributed by atoms with Gasteiger partial charge in [0.25, 0.3) is 0 Å². The second kappa shape index (κ2) is 39.6. The summed E-state index contributed by atoms with van der Waals surface area (Å²) >= 11 is 0. The maximum atomic E-state index is 12.4. The maximum Gasteiger partial charge on any atom is 0.249 e. The Balaban J connectivity index is 3.67. The fourth-order valence-electron chi connectivity index (χ4n) is 6.59. The van der Waals surface area contributed by atoms with E-state index in [9.17, 15) is 20.1 Å². The fraction of sp³-hybridized carbons (Fsp3) is 0.886. The van der Waals surface area contributed by atoms with Gasteiger partial charge >= 0.3 is 0 Å². The Morgan fingerprint density at radius 1 is 0.490 bits per heavy atom. The topological polar surface area (TPSA) is 89.8 Å². The van der Waals surface area contributed by atoms with Crippen LogP contribution in [0.3, 0.4) is 0 Å². The molecule has 0 aromatic heterocycles. The van der Waals surface area contributed by atoms with Gasteiger partial charge in [-0.15, -0.1) is 0 Å². The Morgan fingerprint density at radius 3 is 1.18 bits per heavy atom. The normalized spacial score (nSPS) is 13.8. The van der Waals surface area contributed by atoms with Gasteiger partial charge in [0.05, 0.1) is 18.8 Å². The van der Waals surface area contributed by atoms with Crippen LogP contribution in [0.5, 0.6) is 0 Å². The molecular formula is C44H85NO4. The maximum absolute atomic E-state index is 12.4. The van der Waals surface area contributed by atoms with E-state index in [4.69, 9.17) is 0 Å². The van der Waals surface area contributed by atoms with Crippen molar-refractivity contribution in [2.75, 3.05) is 6.61 Å². The summed E-state index contributed by atoms with van der Waals surface area (Å²) in [7, 11) is 0. The molecule has 3 unspecified atom stereocenters. The lowest BCUT2D eigenvalue weighted by atomic mass is 10.0. The molecule has 0 saturated carbocycles. The van der Waals surface area contributed by atoms with Gasteiger partial charge in [0, 0.05) is 0 Å². The molecule has 0 saturated heterocycles. The average Bonchev–Trinajstić information content (AvgIpc) is 3.11. The van der Waals surface area contributed by atoms with Gasteiger partial charge in [-0.3, -0.25) is 4.79 Å². The lowest BCUT2D eigenvalue weighted by Crippen LogP contribution is -2.48. The van der Waals surface area contributed by atoms with Gasteiger partial charge < -0.3 is 20.6 Å². The zero-order valence-electron chi connectivity index (χ0n) is 32.8. The van der Waals surface area contributed by atoms with Gasteiger partial charge in [-0.05, 0) is 44.9 Å². The molecule has 290 valence electrons. The van der Waals surface area contributed by atoms with Crippen LogP contribution in [0.1, 0.15) is 226 Å². The van der Waals surface area contributed by atoms with Crippen LogP contribution in [0.15, 0.2) is 24.3 Å². The zero-order chi connectivity index (χ0) is 35.9. The molecular weight excluding hydrogens is 606 g/mol. The van der Waals surface area contributed by atoms with Crippen molar-refractivity contribution in [3.8, 4) is 0 Å². The molecule has 0 rings (SSSR count). The van der Waals surface area contributed by atoms with E-state index in [-0.39, 0.29) is 6.61 Å². The van der Waals surface area contributed by atoms with Crippen LogP contribution in [0.2, 0.25) is 0 Å². The first-order chi connectivity index (χ1) is 24.1. The van der Waals surface area contributed by atoms with Gasteiger partial charge in [0.1, 0.15) is 6.10 Å². The van der Waals surface area contributed by atoms with Crippen molar-refractivity contribution >= 4 is 5.91 Å². The summed E-state index contributed by atoms with van der Waals surface area (Å²) in [6.07, 6.45) is 47.8. The summed E-state index contributed by atoms with van der Waals surface area (Å²) in [5.41, 5.74) is 0. The summed E-state index contributed by atoms with van der Waals surface area (Å²) < 4.78 is 0. The number of amides is 1. The highest BCUT2D eigenvalue weighted by Gasteiger charge is 2.22. The van der Waals surface area contributed by atoms with Crippen LogP contribution in [-0.4, -0.2) is 46.1 Å².